The summed E-state index contributed by atoms with van der Waals surface area (Å²) in [5.74, 6) is 0. The summed E-state index contributed by atoms with van der Waals surface area (Å²) in [5, 5.41) is 0. The molecule has 1 aromatic carbocycles. The molecule has 0 unspecified atom stereocenters. The Morgan fingerprint density at radius 3 is 1.70 bits per heavy atom. The third kappa shape index (κ3) is 3.10. The second-order valence-corrected chi connectivity index (χ2v) is 1.91. The van der Waals surface area contributed by atoms with Crippen LogP contribution in [0.4, 0.5) is 5.69 Å². The van der Waals surface area contributed by atoms with Crippen LogP contribution in [-0.2, 0) is 0 Å². The third-order valence-corrected chi connectivity index (χ3v) is 1.08. The van der Waals surface area contributed by atoms with Gasteiger partial charge in [0.15, 0.2) is 0 Å². The minimum absolute atomic E-state index is 0.829. The second kappa shape index (κ2) is 4.82. The molecule has 0 saturated heterocycles. The Morgan fingerprint density at radius 1 is 1.00 bits per heavy atom. The fraction of sp³-hybridized carbons (Fsp3) is 0.250. The fourth-order valence-electron chi connectivity index (χ4n) is 0.566. The first-order valence-corrected chi connectivity index (χ1v) is 3.19. The average molecular weight is 138 g/mol. The van der Waals surface area contributed by atoms with Crippen LogP contribution in [0.2, 0.25) is 0 Å². The van der Waals surface area contributed by atoms with Crippen LogP contribution in [-0.4, -0.2) is 7.05 Å². The number of aryl methyl sites for hydroxylation is 1. The predicted molar refractivity (Wildman–Crippen MR) is 45.7 cm³/mol. The summed E-state index contributed by atoms with van der Waals surface area (Å²) in [6.45, 7) is 2.04. The van der Waals surface area contributed by atoms with E-state index in [1.54, 1.807) is 0 Å². The van der Waals surface area contributed by atoms with E-state index in [1.807, 2.05) is 31.2 Å². The van der Waals surface area contributed by atoms with Crippen LogP contribution in [0.5, 0.6) is 0 Å². The highest BCUT2D eigenvalue weighted by molar-refractivity contribution is 5.38. The standard InChI is InChI=1S/C7H9N.CH5N/c1-6-2-4-7(8)5-3-6;1-2/h2-5H,8H2,1H3;2H2,1H3. The first-order chi connectivity index (χ1) is 4.79. The van der Waals surface area contributed by atoms with Crippen molar-refractivity contribution >= 4 is 5.69 Å². The van der Waals surface area contributed by atoms with Gasteiger partial charge >= 0.3 is 0 Å². The van der Waals surface area contributed by atoms with E-state index in [0.29, 0.717) is 0 Å². The van der Waals surface area contributed by atoms with Gasteiger partial charge in [-0.15, -0.1) is 0 Å². The lowest BCUT2D eigenvalue weighted by molar-refractivity contribution is 1.47. The van der Waals surface area contributed by atoms with Gasteiger partial charge in [0, 0.05) is 5.69 Å². The van der Waals surface area contributed by atoms with Crippen molar-refractivity contribution in [2.45, 2.75) is 6.92 Å². The molecule has 0 saturated carbocycles. The van der Waals surface area contributed by atoms with Crippen LogP contribution >= 0.6 is 0 Å². The molecule has 2 heteroatoms. The van der Waals surface area contributed by atoms with Crippen LogP contribution in [0.3, 0.4) is 0 Å². The molecule has 0 atom stereocenters. The van der Waals surface area contributed by atoms with Crippen molar-refractivity contribution in [2.24, 2.45) is 5.73 Å². The van der Waals surface area contributed by atoms with Crippen molar-refractivity contribution in [2.75, 3.05) is 12.8 Å². The molecule has 2 nitrogen and oxygen atoms in total. The molecule has 0 spiro atoms. The van der Waals surface area contributed by atoms with E-state index in [2.05, 4.69) is 5.73 Å². The zero-order valence-electron chi connectivity index (χ0n) is 6.46. The summed E-state index contributed by atoms with van der Waals surface area (Å²) < 4.78 is 0. The molecular weight excluding hydrogens is 124 g/mol. The van der Waals surface area contributed by atoms with E-state index < -0.39 is 0 Å². The fourth-order valence-corrected chi connectivity index (χ4v) is 0.566. The van der Waals surface area contributed by atoms with Gasteiger partial charge in [-0.1, -0.05) is 17.7 Å². The molecule has 0 heterocycles. The number of nitrogens with two attached hydrogens (primary N) is 2. The Balaban J connectivity index is 0.000000371. The van der Waals surface area contributed by atoms with Crippen LogP contribution < -0.4 is 11.5 Å². The zero-order valence-corrected chi connectivity index (χ0v) is 6.46. The van der Waals surface area contributed by atoms with Crippen molar-refractivity contribution in [3.05, 3.63) is 29.8 Å². The summed E-state index contributed by atoms with van der Waals surface area (Å²) in [5.41, 5.74) is 12.0. The number of hydrogen-bond acceptors (Lipinski definition) is 2. The summed E-state index contributed by atoms with van der Waals surface area (Å²) in [6, 6.07) is 7.79. The topological polar surface area (TPSA) is 52.0 Å². The molecule has 0 aromatic heterocycles. The van der Waals surface area contributed by atoms with E-state index >= 15 is 0 Å². The quantitative estimate of drug-likeness (QED) is 0.528. The monoisotopic (exact) mass is 138 g/mol. The van der Waals surface area contributed by atoms with E-state index in [-0.39, 0.29) is 0 Å². The van der Waals surface area contributed by atoms with Crippen molar-refractivity contribution < 1.29 is 0 Å². The Morgan fingerprint density at radius 2 is 1.40 bits per heavy atom. The van der Waals surface area contributed by atoms with Gasteiger partial charge in [0.05, 0.1) is 0 Å². The largest absolute Gasteiger partial charge is 0.399 e. The SMILES string of the molecule is CN.Cc1ccc(N)cc1. The highest BCUT2D eigenvalue weighted by Gasteiger charge is 1.80. The maximum Gasteiger partial charge on any atom is 0.0314 e. The minimum Gasteiger partial charge on any atom is -0.399 e. The molecule has 0 radical (unpaired) electrons. The number of rotatable bonds is 0. The van der Waals surface area contributed by atoms with Gasteiger partial charge in [0.25, 0.3) is 0 Å². The summed E-state index contributed by atoms with van der Waals surface area (Å²) >= 11 is 0. The number of nitrogen functional groups attached to an aromatic ring is 1. The number of hydrogen-bond donors (Lipinski definition) is 2. The molecule has 10 heavy (non-hydrogen) atoms. The van der Waals surface area contributed by atoms with E-state index in [9.17, 15) is 0 Å². The molecule has 0 fully saturated rings. The van der Waals surface area contributed by atoms with Crippen LogP contribution in [0.1, 0.15) is 5.56 Å². The van der Waals surface area contributed by atoms with Gasteiger partial charge in [-0.3, -0.25) is 0 Å². The Kier molecular flexibility index (Phi) is 4.33. The van der Waals surface area contributed by atoms with Gasteiger partial charge in [-0.25, -0.2) is 0 Å². The van der Waals surface area contributed by atoms with Crippen molar-refractivity contribution in [1.29, 1.82) is 0 Å². The normalized spacial score (nSPS) is 7.90. The first kappa shape index (κ1) is 8.98. The Bertz CT molecular complexity index is 146. The van der Waals surface area contributed by atoms with Gasteiger partial charge in [-0.2, -0.15) is 0 Å². The lowest BCUT2D eigenvalue weighted by Gasteiger charge is -1.90. The van der Waals surface area contributed by atoms with Gasteiger partial charge < -0.3 is 11.5 Å². The van der Waals surface area contributed by atoms with E-state index in [0.717, 1.165) is 5.69 Å². The molecule has 1 aromatic rings. The summed E-state index contributed by atoms with van der Waals surface area (Å²) in [6.07, 6.45) is 0. The molecule has 0 amide bonds. The average Bonchev–Trinajstić information content (AvgIpc) is 2.00. The maximum absolute atomic E-state index is 5.43. The summed E-state index contributed by atoms with van der Waals surface area (Å²) in [4.78, 5) is 0. The van der Waals surface area contributed by atoms with Gasteiger partial charge in [0.2, 0.25) is 0 Å². The van der Waals surface area contributed by atoms with Crippen LogP contribution in [0.25, 0.3) is 0 Å². The smallest absolute Gasteiger partial charge is 0.0314 e. The molecule has 0 aliphatic heterocycles. The van der Waals surface area contributed by atoms with Crippen molar-refractivity contribution in [3.63, 3.8) is 0 Å². The predicted octanol–water partition coefficient (Wildman–Crippen LogP) is 1.15. The zero-order chi connectivity index (χ0) is 7.98. The maximum atomic E-state index is 5.43. The Hall–Kier alpha value is -1.02. The van der Waals surface area contributed by atoms with E-state index in [1.165, 1.54) is 12.6 Å². The summed E-state index contributed by atoms with van der Waals surface area (Å²) in [7, 11) is 1.50. The molecule has 1 rings (SSSR count). The lowest BCUT2D eigenvalue weighted by Crippen LogP contribution is -1.81. The van der Waals surface area contributed by atoms with Gasteiger partial charge in [0.1, 0.15) is 0 Å². The number of anilines is 1. The van der Waals surface area contributed by atoms with Crippen molar-refractivity contribution in [1.82, 2.24) is 0 Å². The first-order valence-electron chi connectivity index (χ1n) is 3.19. The Labute approximate surface area is 61.8 Å². The van der Waals surface area contributed by atoms with E-state index in [4.69, 9.17) is 5.73 Å². The highest BCUT2D eigenvalue weighted by atomic mass is 14.5. The molecule has 4 N–H and O–H groups in total. The lowest BCUT2D eigenvalue weighted by atomic mass is 10.2. The van der Waals surface area contributed by atoms with Crippen LogP contribution in [0, 0.1) is 6.92 Å². The molecular formula is C8H14N2. The number of benzene rings is 1. The minimum atomic E-state index is 0.829. The molecule has 56 valence electrons. The highest BCUT2D eigenvalue weighted by Crippen LogP contribution is 2.02. The third-order valence-electron chi connectivity index (χ3n) is 1.08. The molecule has 0 bridgehead atoms. The molecule has 0 aliphatic carbocycles. The van der Waals surface area contributed by atoms with Crippen molar-refractivity contribution in [3.8, 4) is 0 Å². The molecule has 0 aliphatic rings. The second-order valence-electron chi connectivity index (χ2n) is 1.91. The van der Waals surface area contributed by atoms with Crippen LogP contribution in [0.15, 0.2) is 24.3 Å². The van der Waals surface area contributed by atoms with Gasteiger partial charge in [-0.05, 0) is 26.1 Å².